The van der Waals surface area contributed by atoms with E-state index in [0.717, 1.165) is 0 Å². The molecule has 86 valence electrons. The van der Waals surface area contributed by atoms with Crippen LogP contribution in [-0.2, 0) is 4.79 Å². The van der Waals surface area contributed by atoms with Crippen molar-refractivity contribution in [3.8, 4) is 0 Å². The van der Waals surface area contributed by atoms with Crippen LogP contribution in [0.15, 0.2) is 12.1 Å². The van der Waals surface area contributed by atoms with Crippen molar-refractivity contribution in [1.29, 1.82) is 0 Å². The molecule has 0 aliphatic rings. The Kier molecular flexibility index (Phi) is 3.82. The molecule has 0 spiro atoms. The third-order valence-electron chi connectivity index (χ3n) is 2.01. The minimum Gasteiger partial charge on any atom is -0.300 e. The summed E-state index contributed by atoms with van der Waals surface area (Å²) in [6, 6.07) is 1.25. The Labute approximate surface area is 90.1 Å². The number of carbonyl (C=O) groups excluding carboxylic acids is 2. The number of rotatable bonds is 4. The molecule has 0 saturated carbocycles. The number of hydrogen-bond donors (Lipinski definition) is 0. The van der Waals surface area contributed by atoms with E-state index in [1.807, 2.05) is 0 Å². The van der Waals surface area contributed by atoms with Crippen LogP contribution in [0.2, 0.25) is 0 Å². The summed E-state index contributed by atoms with van der Waals surface area (Å²) in [7, 11) is 0. The molecule has 1 rings (SSSR count). The van der Waals surface area contributed by atoms with E-state index in [0.29, 0.717) is 12.1 Å². The van der Waals surface area contributed by atoms with Crippen molar-refractivity contribution in [2.45, 2.75) is 19.8 Å². The molecule has 0 aliphatic carbocycles. The summed E-state index contributed by atoms with van der Waals surface area (Å²) in [5.41, 5.74) is -0.266. The lowest BCUT2D eigenvalue weighted by Gasteiger charge is -2.01. The van der Waals surface area contributed by atoms with E-state index in [1.165, 1.54) is 6.92 Å². The maximum Gasteiger partial charge on any atom is 0.194 e. The Morgan fingerprint density at radius 2 is 1.56 bits per heavy atom. The SMILES string of the molecule is CC(=O)CCC(=O)c1cc(F)c(F)c(F)c1. The molecule has 0 aromatic heterocycles. The van der Waals surface area contributed by atoms with Crippen LogP contribution in [0.5, 0.6) is 0 Å². The van der Waals surface area contributed by atoms with Gasteiger partial charge in [0.05, 0.1) is 0 Å². The van der Waals surface area contributed by atoms with Gasteiger partial charge in [-0.15, -0.1) is 0 Å². The van der Waals surface area contributed by atoms with E-state index >= 15 is 0 Å². The summed E-state index contributed by atoms with van der Waals surface area (Å²) < 4.78 is 38.1. The van der Waals surface area contributed by atoms with E-state index in [9.17, 15) is 22.8 Å². The van der Waals surface area contributed by atoms with E-state index in [2.05, 4.69) is 0 Å². The van der Waals surface area contributed by atoms with Gasteiger partial charge in [0.1, 0.15) is 5.78 Å². The maximum absolute atomic E-state index is 12.8. The number of hydrogen-bond acceptors (Lipinski definition) is 2. The summed E-state index contributed by atoms with van der Waals surface area (Å²) in [6.45, 7) is 1.30. The zero-order chi connectivity index (χ0) is 12.3. The number of benzene rings is 1. The summed E-state index contributed by atoms with van der Waals surface area (Å²) in [4.78, 5) is 22.0. The molecule has 0 saturated heterocycles. The van der Waals surface area contributed by atoms with E-state index < -0.39 is 23.2 Å². The second-order valence-electron chi connectivity index (χ2n) is 3.38. The summed E-state index contributed by atoms with van der Waals surface area (Å²) in [5.74, 6) is -5.22. The maximum atomic E-state index is 12.8. The topological polar surface area (TPSA) is 34.1 Å². The molecule has 0 aliphatic heterocycles. The van der Waals surface area contributed by atoms with Crippen LogP contribution in [0.3, 0.4) is 0 Å². The normalized spacial score (nSPS) is 10.2. The average molecular weight is 230 g/mol. The van der Waals surface area contributed by atoms with Crippen molar-refractivity contribution in [3.05, 3.63) is 35.1 Å². The third kappa shape index (κ3) is 2.92. The first-order chi connectivity index (χ1) is 7.41. The van der Waals surface area contributed by atoms with Gasteiger partial charge in [-0.2, -0.15) is 0 Å². The first-order valence-corrected chi connectivity index (χ1v) is 4.59. The standard InChI is InChI=1S/C11H9F3O2/c1-6(15)2-3-10(16)7-4-8(12)11(14)9(13)5-7/h4-5H,2-3H2,1H3. The van der Waals surface area contributed by atoms with Crippen LogP contribution in [0, 0.1) is 17.5 Å². The summed E-state index contributed by atoms with van der Waals surface area (Å²) in [6.07, 6.45) is -0.140. The number of ketones is 2. The zero-order valence-corrected chi connectivity index (χ0v) is 8.52. The highest BCUT2D eigenvalue weighted by Gasteiger charge is 2.15. The van der Waals surface area contributed by atoms with Gasteiger partial charge in [-0.3, -0.25) is 4.79 Å². The molecule has 16 heavy (non-hydrogen) atoms. The van der Waals surface area contributed by atoms with Gasteiger partial charge < -0.3 is 4.79 Å². The minimum atomic E-state index is -1.61. The molecular formula is C11H9F3O2. The van der Waals surface area contributed by atoms with Crippen molar-refractivity contribution in [2.75, 3.05) is 0 Å². The fraction of sp³-hybridized carbons (Fsp3) is 0.273. The Bertz CT molecular complexity index is 418. The van der Waals surface area contributed by atoms with Crippen molar-refractivity contribution < 1.29 is 22.8 Å². The Balaban J connectivity index is 2.88. The van der Waals surface area contributed by atoms with Gasteiger partial charge in [0, 0.05) is 18.4 Å². The van der Waals surface area contributed by atoms with Crippen LogP contribution in [0.4, 0.5) is 13.2 Å². The smallest absolute Gasteiger partial charge is 0.194 e. The fourth-order valence-electron chi connectivity index (χ4n) is 1.15. The molecule has 0 N–H and O–H groups in total. The minimum absolute atomic E-state index is 0.000548. The molecular weight excluding hydrogens is 221 g/mol. The highest BCUT2D eigenvalue weighted by molar-refractivity contribution is 5.97. The lowest BCUT2D eigenvalue weighted by Crippen LogP contribution is -2.05. The van der Waals surface area contributed by atoms with Gasteiger partial charge in [0.2, 0.25) is 0 Å². The fourth-order valence-corrected chi connectivity index (χ4v) is 1.15. The van der Waals surface area contributed by atoms with Gasteiger partial charge in [0.15, 0.2) is 23.2 Å². The van der Waals surface area contributed by atoms with E-state index in [1.54, 1.807) is 0 Å². The van der Waals surface area contributed by atoms with Crippen molar-refractivity contribution in [2.24, 2.45) is 0 Å². The lowest BCUT2D eigenvalue weighted by molar-refractivity contribution is -0.116. The molecule has 0 amide bonds. The predicted molar refractivity (Wildman–Crippen MR) is 50.6 cm³/mol. The monoisotopic (exact) mass is 230 g/mol. The zero-order valence-electron chi connectivity index (χ0n) is 8.52. The summed E-state index contributed by atoms with van der Waals surface area (Å²) in [5, 5.41) is 0. The molecule has 0 bridgehead atoms. The molecule has 5 heteroatoms. The molecule has 1 aromatic rings. The van der Waals surface area contributed by atoms with Gasteiger partial charge in [-0.25, -0.2) is 13.2 Å². The van der Waals surface area contributed by atoms with Crippen LogP contribution in [-0.4, -0.2) is 11.6 Å². The van der Waals surface area contributed by atoms with Crippen molar-refractivity contribution in [3.63, 3.8) is 0 Å². The predicted octanol–water partition coefficient (Wildman–Crippen LogP) is 2.66. The number of carbonyl (C=O) groups is 2. The van der Waals surface area contributed by atoms with Crippen LogP contribution in [0.25, 0.3) is 0 Å². The summed E-state index contributed by atoms with van der Waals surface area (Å²) >= 11 is 0. The second-order valence-corrected chi connectivity index (χ2v) is 3.38. The van der Waals surface area contributed by atoms with Crippen LogP contribution < -0.4 is 0 Å². The average Bonchev–Trinajstić information content (AvgIpc) is 2.21. The van der Waals surface area contributed by atoms with Crippen LogP contribution in [0.1, 0.15) is 30.1 Å². The number of halogens is 3. The first-order valence-electron chi connectivity index (χ1n) is 4.59. The third-order valence-corrected chi connectivity index (χ3v) is 2.01. The quantitative estimate of drug-likeness (QED) is 0.588. The van der Waals surface area contributed by atoms with Gasteiger partial charge in [-0.05, 0) is 19.1 Å². The van der Waals surface area contributed by atoms with E-state index in [4.69, 9.17) is 0 Å². The highest BCUT2D eigenvalue weighted by Crippen LogP contribution is 2.15. The van der Waals surface area contributed by atoms with Crippen molar-refractivity contribution in [1.82, 2.24) is 0 Å². The Morgan fingerprint density at radius 3 is 2.00 bits per heavy atom. The number of Topliss-reactive ketones (excluding diaryl/α,β-unsaturated/α-hetero) is 2. The molecule has 0 fully saturated rings. The Morgan fingerprint density at radius 1 is 1.06 bits per heavy atom. The lowest BCUT2D eigenvalue weighted by atomic mass is 10.0. The molecule has 0 unspecified atom stereocenters. The second kappa shape index (κ2) is 4.92. The largest absolute Gasteiger partial charge is 0.300 e. The first kappa shape index (κ1) is 12.4. The van der Waals surface area contributed by atoms with Gasteiger partial charge in [-0.1, -0.05) is 0 Å². The van der Waals surface area contributed by atoms with Crippen molar-refractivity contribution >= 4 is 11.6 Å². The van der Waals surface area contributed by atoms with Gasteiger partial charge >= 0.3 is 0 Å². The molecule has 0 atom stereocenters. The molecule has 0 heterocycles. The molecule has 2 nitrogen and oxygen atoms in total. The molecule has 1 aromatic carbocycles. The van der Waals surface area contributed by atoms with E-state index in [-0.39, 0.29) is 24.2 Å². The van der Waals surface area contributed by atoms with Crippen LogP contribution >= 0.6 is 0 Å². The highest BCUT2D eigenvalue weighted by atomic mass is 19.2. The van der Waals surface area contributed by atoms with Gasteiger partial charge in [0.25, 0.3) is 0 Å². The Hall–Kier alpha value is -1.65. The molecule has 0 radical (unpaired) electrons.